The number of methoxy groups -OCH3 is 1. The van der Waals surface area contributed by atoms with Crippen LogP contribution in [0.15, 0.2) is 30.6 Å². The predicted molar refractivity (Wildman–Crippen MR) is 110 cm³/mol. The molecule has 0 bridgehead atoms. The van der Waals surface area contributed by atoms with Crippen molar-refractivity contribution in [2.45, 2.75) is 26.8 Å². The third-order valence-corrected chi connectivity index (χ3v) is 4.94. The third-order valence-electron chi connectivity index (χ3n) is 4.94. The molecule has 166 valence electrons. The van der Waals surface area contributed by atoms with E-state index in [2.05, 4.69) is 20.2 Å². The van der Waals surface area contributed by atoms with Crippen LogP contribution in [0.2, 0.25) is 0 Å². The van der Waals surface area contributed by atoms with E-state index in [4.69, 9.17) is 9.47 Å². The highest BCUT2D eigenvalue weighted by Crippen LogP contribution is 2.31. The minimum absolute atomic E-state index is 0.131. The fourth-order valence-electron chi connectivity index (χ4n) is 3.38. The molecule has 1 atom stereocenters. The number of nitrogens with zero attached hydrogens (tertiary/aromatic N) is 6. The molecule has 4 aromatic rings. The van der Waals surface area contributed by atoms with Crippen LogP contribution in [0.25, 0.3) is 17.0 Å². The van der Waals surface area contributed by atoms with Crippen LogP contribution in [0.5, 0.6) is 5.88 Å². The number of fused-ring (bicyclic) bond motifs is 1. The number of ether oxygens (including phenoxy) is 2. The van der Waals surface area contributed by atoms with Gasteiger partial charge in [0.1, 0.15) is 22.7 Å². The Morgan fingerprint density at radius 2 is 2.03 bits per heavy atom. The van der Waals surface area contributed by atoms with Crippen LogP contribution in [-0.2, 0) is 4.74 Å². The van der Waals surface area contributed by atoms with E-state index in [-0.39, 0.29) is 29.6 Å². The first-order chi connectivity index (χ1) is 15.3. The second-order valence-electron chi connectivity index (χ2n) is 7.00. The highest BCUT2D eigenvalue weighted by atomic mass is 19.1. The highest BCUT2D eigenvalue weighted by molar-refractivity contribution is 5.89. The number of rotatable bonds is 6. The van der Waals surface area contributed by atoms with Gasteiger partial charge in [0.25, 0.3) is 5.95 Å². The number of benzene rings is 1. The van der Waals surface area contributed by atoms with Crippen molar-refractivity contribution in [3.05, 3.63) is 59.0 Å². The molecular formula is C21H20F2N6O3. The summed E-state index contributed by atoms with van der Waals surface area (Å²) in [5.74, 6) is -1.30. The minimum atomic E-state index is -0.662. The van der Waals surface area contributed by atoms with Gasteiger partial charge in [0.2, 0.25) is 5.88 Å². The standard InChI is InChI=1S/C21H20F2N6O3/c1-5-32-20(30)13-9-24-28(10-13)21-25-17-11(2)27-29(18(17)19(26-21)31-4)12(3)15-8-14(22)6-7-16(15)23/h6-10,12H,5H2,1-4H3/t12-/m0/s1. The van der Waals surface area contributed by atoms with E-state index >= 15 is 0 Å². The van der Waals surface area contributed by atoms with Gasteiger partial charge in [-0.05, 0) is 39.0 Å². The molecule has 1 aromatic carbocycles. The first-order valence-corrected chi connectivity index (χ1v) is 9.82. The lowest BCUT2D eigenvalue weighted by Gasteiger charge is -2.16. The van der Waals surface area contributed by atoms with Crippen molar-refractivity contribution in [2.75, 3.05) is 13.7 Å². The van der Waals surface area contributed by atoms with Gasteiger partial charge in [0, 0.05) is 11.8 Å². The number of aromatic nitrogens is 6. The average molecular weight is 442 g/mol. The average Bonchev–Trinajstić information content (AvgIpc) is 3.40. The Hall–Kier alpha value is -3.89. The zero-order valence-corrected chi connectivity index (χ0v) is 17.8. The number of hydrogen-bond acceptors (Lipinski definition) is 7. The van der Waals surface area contributed by atoms with Gasteiger partial charge in [-0.25, -0.2) is 23.2 Å². The van der Waals surface area contributed by atoms with Crippen LogP contribution in [0.3, 0.4) is 0 Å². The molecule has 0 radical (unpaired) electrons. The maximum atomic E-state index is 14.4. The van der Waals surface area contributed by atoms with Crippen molar-refractivity contribution in [2.24, 2.45) is 0 Å². The van der Waals surface area contributed by atoms with Crippen LogP contribution in [0, 0.1) is 18.6 Å². The summed E-state index contributed by atoms with van der Waals surface area (Å²) in [7, 11) is 1.43. The summed E-state index contributed by atoms with van der Waals surface area (Å²) >= 11 is 0. The van der Waals surface area contributed by atoms with Gasteiger partial charge in [-0.2, -0.15) is 15.2 Å². The van der Waals surface area contributed by atoms with Crippen molar-refractivity contribution in [1.29, 1.82) is 0 Å². The van der Waals surface area contributed by atoms with Crippen LogP contribution < -0.4 is 4.74 Å². The Balaban J connectivity index is 1.83. The third kappa shape index (κ3) is 3.66. The Morgan fingerprint density at radius 3 is 2.75 bits per heavy atom. The van der Waals surface area contributed by atoms with E-state index in [1.807, 2.05) is 0 Å². The monoisotopic (exact) mass is 442 g/mol. The van der Waals surface area contributed by atoms with Crippen molar-refractivity contribution in [3.8, 4) is 11.8 Å². The second-order valence-corrected chi connectivity index (χ2v) is 7.00. The van der Waals surface area contributed by atoms with E-state index in [0.717, 1.165) is 18.2 Å². The van der Waals surface area contributed by atoms with E-state index in [1.54, 1.807) is 20.8 Å². The molecule has 11 heteroatoms. The topological polar surface area (TPSA) is 96.9 Å². The molecule has 0 N–H and O–H groups in total. The van der Waals surface area contributed by atoms with Crippen LogP contribution >= 0.6 is 0 Å². The van der Waals surface area contributed by atoms with Crippen LogP contribution in [0.4, 0.5) is 8.78 Å². The molecule has 3 aromatic heterocycles. The lowest BCUT2D eigenvalue weighted by Crippen LogP contribution is -2.12. The normalized spacial score (nSPS) is 12.2. The quantitative estimate of drug-likeness (QED) is 0.422. The maximum absolute atomic E-state index is 14.4. The van der Waals surface area contributed by atoms with Gasteiger partial charge >= 0.3 is 5.97 Å². The first kappa shape index (κ1) is 21.3. The summed E-state index contributed by atoms with van der Waals surface area (Å²) in [4.78, 5) is 20.8. The molecule has 0 amide bonds. The molecule has 0 saturated carbocycles. The molecule has 32 heavy (non-hydrogen) atoms. The lowest BCUT2D eigenvalue weighted by molar-refractivity contribution is 0.0526. The Bertz CT molecular complexity index is 1320. The largest absolute Gasteiger partial charge is 0.479 e. The maximum Gasteiger partial charge on any atom is 0.341 e. The molecule has 0 aliphatic rings. The lowest BCUT2D eigenvalue weighted by atomic mass is 10.1. The predicted octanol–water partition coefficient (Wildman–Crippen LogP) is 3.39. The zero-order chi connectivity index (χ0) is 23.0. The Labute approximate surface area is 181 Å². The van der Waals surface area contributed by atoms with Gasteiger partial charge in [0.05, 0.1) is 37.2 Å². The molecule has 0 aliphatic heterocycles. The van der Waals surface area contributed by atoms with Gasteiger partial charge in [-0.15, -0.1) is 0 Å². The van der Waals surface area contributed by atoms with Crippen LogP contribution in [0.1, 0.15) is 41.5 Å². The molecule has 4 rings (SSSR count). The SMILES string of the molecule is CCOC(=O)c1cnn(-c2nc(OC)c3c(n2)c(C)nn3[C@@H](C)c2cc(F)ccc2F)c1. The summed E-state index contributed by atoms with van der Waals surface area (Å²) in [5, 5.41) is 8.61. The van der Waals surface area contributed by atoms with Gasteiger partial charge < -0.3 is 9.47 Å². The summed E-state index contributed by atoms with van der Waals surface area (Å²) in [5.41, 5.74) is 1.78. The zero-order valence-electron chi connectivity index (χ0n) is 17.8. The summed E-state index contributed by atoms with van der Waals surface area (Å²) in [6.07, 6.45) is 2.80. The van der Waals surface area contributed by atoms with Gasteiger partial charge in [-0.1, -0.05) is 0 Å². The number of esters is 1. The summed E-state index contributed by atoms with van der Waals surface area (Å²) in [6, 6.07) is 2.60. The van der Waals surface area contributed by atoms with Crippen LogP contribution in [-0.4, -0.2) is 49.2 Å². The molecule has 3 heterocycles. The number of hydrogen-bond donors (Lipinski definition) is 0. The van der Waals surface area contributed by atoms with Gasteiger partial charge in [0.15, 0.2) is 0 Å². The van der Waals surface area contributed by atoms with Crippen molar-refractivity contribution in [3.63, 3.8) is 0 Å². The number of aryl methyl sites for hydroxylation is 1. The number of carbonyl (C=O) groups excluding carboxylic acids is 1. The molecule has 0 aliphatic carbocycles. The highest BCUT2D eigenvalue weighted by Gasteiger charge is 2.24. The van der Waals surface area contributed by atoms with E-state index in [0.29, 0.717) is 16.7 Å². The minimum Gasteiger partial charge on any atom is -0.479 e. The summed E-state index contributed by atoms with van der Waals surface area (Å²) in [6.45, 7) is 5.37. The van der Waals surface area contributed by atoms with E-state index in [1.165, 1.54) is 28.9 Å². The number of halogens is 2. The molecular weight excluding hydrogens is 422 g/mol. The number of carbonyl (C=O) groups is 1. The van der Waals surface area contributed by atoms with Crippen molar-refractivity contribution in [1.82, 2.24) is 29.5 Å². The molecule has 0 fully saturated rings. The van der Waals surface area contributed by atoms with Crippen molar-refractivity contribution >= 4 is 17.0 Å². The van der Waals surface area contributed by atoms with E-state index < -0.39 is 23.6 Å². The first-order valence-electron chi connectivity index (χ1n) is 9.82. The molecule has 0 saturated heterocycles. The fraction of sp³-hybridized carbons (Fsp3) is 0.286. The molecule has 9 nitrogen and oxygen atoms in total. The Morgan fingerprint density at radius 1 is 1.25 bits per heavy atom. The van der Waals surface area contributed by atoms with Crippen molar-refractivity contribution < 1.29 is 23.0 Å². The smallest absolute Gasteiger partial charge is 0.341 e. The molecule has 0 spiro atoms. The fourth-order valence-corrected chi connectivity index (χ4v) is 3.38. The second kappa shape index (κ2) is 8.33. The molecule has 0 unspecified atom stereocenters. The Kier molecular flexibility index (Phi) is 5.56. The van der Waals surface area contributed by atoms with E-state index in [9.17, 15) is 13.6 Å². The van der Waals surface area contributed by atoms with Gasteiger partial charge in [-0.3, -0.25) is 4.68 Å². The summed E-state index contributed by atoms with van der Waals surface area (Å²) < 4.78 is 41.4.